The molecule has 0 N–H and O–H groups in total. The average molecular weight is 302 g/mol. The summed E-state index contributed by atoms with van der Waals surface area (Å²) >= 11 is 5.28. The number of carbonyl (C=O) groups excluding carboxylic acids is 1. The summed E-state index contributed by atoms with van der Waals surface area (Å²) in [5.41, 5.74) is 0. The summed E-state index contributed by atoms with van der Waals surface area (Å²) in [6.45, 7) is 4.16. The van der Waals surface area contributed by atoms with Gasteiger partial charge in [-0.15, -0.1) is 11.3 Å². The lowest BCUT2D eigenvalue weighted by molar-refractivity contribution is -0.122. The van der Waals surface area contributed by atoms with Crippen molar-refractivity contribution >= 4 is 33.0 Å². The maximum Gasteiger partial charge on any atom is 0.135 e. The zero-order valence-electron chi connectivity index (χ0n) is 9.41. The van der Waals surface area contributed by atoms with Crippen molar-refractivity contribution in [3.63, 3.8) is 0 Å². The largest absolute Gasteiger partial charge is 0.300 e. The van der Waals surface area contributed by atoms with Gasteiger partial charge in [-0.1, -0.05) is 0 Å². The molecule has 2 rings (SSSR count). The van der Waals surface area contributed by atoms with E-state index < -0.39 is 0 Å². The highest BCUT2D eigenvalue weighted by molar-refractivity contribution is 9.11. The molecule has 0 radical (unpaired) electrons. The van der Waals surface area contributed by atoms with Crippen LogP contribution in [0.4, 0.5) is 0 Å². The zero-order valence-corrected chi connectivity index (χ0v) is 11.8. The second-order valence-corrected chi connectivity index (χ2v) is 6.88. The molecule has 88 valence electrons. The molecule has 1 unspecified atom stereocenters. The molecule has 1 atom stereocenters. The van der Waals surface area contributed by atoms with E-state index in [1.807, 2.05) is 0 Å². The minimum atomic E-state index is 0.419. The molecule has 0 spiro atoms. The Balaban J connectivity index is 1.83. The van der Waals surface area contributed by atoms with Crippen LogP contribution in [-0.2, 0) is 11.2 Å². The van der Waals surface area contributed by atoms with E-state index >= 15 is 0 Å². The van der Waals surface area contributed by atoms with Crippen molar-refractivity contribution in [2.75, 3.05) is 13.1 Å². The van der Waals surface area contributed by atoms with E-state index in [4.69, 9.17) is 0 Å². The van der Waals surface area contributed by atoms with Crippen LogP contribution in [-0.4, -0.2) is 29.8 Å². The first-order valence-corrected chi connectivity index (χ1v) is 7.26. The third kappa shape index (κ3) is 3.15. The summed E-state index contributed by atoms with van der Waals surface area (Å²) in [6, 6.07) is 4.70. The van der Waals surface area contributed by atoms with E-state index in [0.29, 0.717) is 11.8 Å². The molecule has 0 saturated carbocycles. The third-order valence-electron chi connectivity index (χ3n) is 3.10. The number of hydrogen-bond donors (Lipinski definition) is 0. The van der Waals surface area contributed by atoms with Gasteiger partial charge in [-0.2, -0.15) is 0 Å². The highest BCUT2D eigenvalue weighted by Crippen LogP contribution is 2.23. The van der Waals surface area contributed by atoms with E-state index in [0.717, 1.165) is 32.4 Å². The lowest BCUT2D eigenvalue weighted by Gasteiger charge is -2.32. The standard InChI is InChI=1S/C12H16BrNOS/c1-9-8-10(15)4-6-14(9)7-5-11-2-3-12(13)16-11/h2-3,9H,4-8H2,1H3. The van der Waals surface area contributed by atoms with Gasteiger partial charge in [0.05, 0.1) is 3.79 Å². The fourth-order valence-corrected chi connectivity index (χ4v) is 3.59. The number of halogens is 1. The first-order valence-electron chi connectivity index (χ1n) is 5.65. The van der Waals surface area contributed by atoms with E-state index in [2.05, 4.69) is 39.9 Å². The molecule has 2 nitrogen and oxygen atoms in total. The maximum atomic E-state index is 11.3. The summed E-state index contributed by atoms with van der Waals surface area (Å²) < 4.78 is 1.20. The molecule has 1 aliphatic heterocycles. The van der Waals surface area contributed by atoms with E-state index in [-0.39, 0.29) is 0 Å². The summed E-state index contributed by atoms with van der Waals surface area (Å²) in [5, 5.41) is 0. The number of carbonyl (C=O) groups is 1. The minimum Gasteiger partial charge on any atom is -0.300 e. The molecule has 0 bridgehead atoms. The molecule has 1 fully saturated rings. The second-order valence-electron chi connectivity index (χ2n) is 4.33. The predicted molar refractivity (Wildman–Crippen MR) is 71.0 cm³/mol. The summed E-state index contributed by atoms with van der Waals surface area (Å²) in [5.74, 6) is 0.419. The van der Waals surface area contributed by atoms with Gasteiger partial charge < -0.3 is 0 Å². The normalized spacial score (nSPS) is 22.6. The summed E-state index contributed by atoms with van der Waals surface area (Å²) in [7, 11) is 0. The van der Waals surface area contributed by atoms with Crippen molar-refractivity contribution in [1.82, 2.24) is 4.90 Å². The van der Waals surface area contributed by atoms with Crippen LogP contribution in [0.15, 0.2) is 15.9 Å². The Morgan fingerprint density at radius 2 is 2.38 bits per heavy atom. The van der Waals surface area contributed by atoms with Crippen molar-refractivity contribution in [3.8, 4) is 0 Å². The fourth-order valence-electron chi connectivity index (χ4n) is 2.12. The van der Waals surface area contributed by atoms with Crippen LogP contribution in [0.3, 0.4) is 0 Å². The number of piperidine rings is 1. The molecule has 0 aromatic carbocycles. The number of hydrogen-bond acceptors (Lipinski definition) is 3. The van der Waals surface area contributed by atoms with Gasteiger partial charge in [0.25, 0.3) is 0 Å². The molecule has 1 saturated heterocycles. The molecule has 1 aromatic rings. The lowest BCUT2D eigenvalue weighted by Crippen LogP contribution is -2.41. The SMILES string of the molecule is CC1CC(=O)CCN1CCc1ccc(Br)s1. The molecule has 1 aromatic heterocycles. The lowest BCUT2D eigenvalue weighted by atomic mass is 10.0. The first-order chi connectivity index (χ1) is 7.65. The summed E-state index contributed by atoms with van der Waals surface area (Å²) in [6.07, 6.45) is 2.56. The monoisotopic (exact) mass is 301 g/mol. The predicted octanol–water partition coefficient (Wildman–Crippen LogP) is 3.11. The Bertz CT molecular complexity index is 377. The van der Waals surface area contributed by atoms with Crippen LogP contribution in [0.1, 0.15) is 24.6 Å². The van der Waals surface area contributed by atoms with E-state index in [1.165, 1.54) is 8.66 Å². The highest BCUT2D eigenvalue weighted by Gasteiger charge is 2.22. The molecular formula is C12H16BrNOS. The van der Waals surface area contributed by atoms with Gasteiger partial charge in [0.1, 0.15) is 5.78 Å². The molecule has 4 heteroatoms. The summed E-state index contributed by atoms with van der Waals surface area (Å²) in [4.78, 5) is 15.1. The topological polar surface area (TPSA) is 20.3 Å². The fraction of sp³-hybridized carbons (Fsp3) is 0.583. The Kier molecular flexibility index (Phi) is 4.16. The van der Waals surface area contributed by atoms with Crippen LogP contribution in [0.2, 0.25) is 0 Å². The Morgan fingerprint density at radius 1 is 1.56 bits per heavy atom. The van der Waals surface area contributed by atoms with Gasteiger partial charge in [-0.05, 0) is 41.4 Å². The molecule has 16 heavy (non-hydrogen) atoms. The van der Waals surface area contributed by atoms with Crippen LogP contribution in [0.25, 0.3) is 0 Å². The van der Waals surface area contributed by atoms with Crippen molar-refractivity contribution in [2.24, 2.45) is 0 Å². The van der Waals surface area contributed by atoms with Gasteiger partial charge in [-0.3, -0.25) is 9.69 Å². The number of ketones is 1. The Morgan fingerprint density at radius 3 is 3.00 bits per heavy atom. The van der Waals surface area contributed by atoms with Crippen LogP contribution >= 0.6 is 27.3 Å². The van der Waals surface area contributed by atoms with Crippen molar-refractivity contribution in [1.29, 1.82) is 0 Å². The van der Waals surface area contributed by atoms with Crippen LogP contribution in [0, 0.1) is 0 Å². The van der Waals surface area contributed by atoms with Crippen molar-refractivity contribution < 1.29 is 4.79 Å². The minimum absolute atomic E-state index is 0.419. The quantitative estimate of drug-likeness (QED) is 0.855. The molecular weight excluding hydrogens is 286 g/mol. The molecule has 0 amide bonds. The smallest absolute Gasteiger partial charge is 0.135 e. The molecule has 2 heterocycles. The van der Waals surface area contributed by atoms with Gasteiger partial charge >= 0.3 is 0 Å². The Labute approximate surface area is 109 Å². The molecule has 0 aliphatic carbocycles. The highest BCUT2D eigenvalue weighted by atomic mass is 79.9. The van der Waals surface area contributed by atoms with Crippen LogP contribution < -0.4 is 0 Å². The Hall–Kier alpha value is -0.190. The zero-order chi connectivity index (χ0) is 11.5. The number of nitrogens with zero attached hydrogens (tertiary/aromatic N) is 1. The number of Topliss-reactive ketones (excluding diaryl/α,β-unsaturated/α-hetero) is 1. The van der Waals surface area contributed by atoms with E-state index in [9.17, 15) is 4.79 Å². The first kappa shape index (κ1) is 12.3. The van der Waals surface area contributed by atoms with Crippen LogP contribution in [0.5, 0.6) is 0 Å². The van der Waals surface area contributed by atoms with Crippen molar-refractivity contribution in [2.45, 2.75) is 32.2 Å². The van der Waals surface area contributed by atoms with Crippen molar-refractivity contribution in [3.05, 3.63) is 20.8 Å². The maximum absolute atomic E-state index is 11.3. The number of likely N-dealkylation sites (tertiary alicyclic amines) is 1. The molecule has 1 aliphatic rings. The average Bonchev–Trinajstić information content (AvgIpc) is 2.63. The van der Waals surface area contributed by atoms with E-state index in [1.54, 1.807) is 11.3 Å². The van der Waals surface area contributed by atoms with Gasteiger partial charge in [0, 0.05) is 36.9 Å². The number of thiophene rings is 1. The van der Waals surface area contributed by atoms with Gasteiger partial charge in [0.15, 0.2) is 0 Å². The second kappa shape index (κ2) is 5.43. The number of rotatable bonds is 3. The van der Waals surface area contributed by atoms with Gasteiger partial charge in [-0.25, -0.2) is 0 Å². The van der Waals surface area contributed by atoms with Gasteiger partial charge in [0.2, 0.25) is 0 Å². The third-order valence-corrected chi connectivity index (χ3v) is 4.78.